The Morgan fingerprint density at radius 2 is 2.10 bits per heavy atom. The van der Waals surface area contributed by atoms with E-state index in [1.807, 2.05) is 25.1 Å². The van der Waals surface area contributed by atoms with Gasteiger partial charge in [-0.15, -0.1) is 6.58 Å². The van der Waals surface area contributed by atoms with Crippen molar-refractivity contribution in [2.24, 2.45) is 5.41 Å². The number of halogens is 1. The number of carbonyl (C=O) groups is 2. The number of carbonyl (C=O) groups excluding carboxylic acids is 2. The second-order valence-corrected chi connectivity index (χ2v) is 5.85. The van der Waals surface area contributed by atoms with Crippen molar-refractivity contribution in [1.82, 2.24) is 5.32 Å². The summed E-state index contributed by atoms with van der Waals surface area (Å²) in [5.41, 5.74) is 0.878. The topological polar surface area (TPSA) is 58.2 Å². The minimum absolute atomic E-state index is 0.221. The number of benzene rings is 1. The second kappa shape index (κ2) is 5.79. The molecule has 0 bridgehead atoms. The van der Waals surface area contributed by atoms with Gasteiger partial charge in [-0.25, -0.2) is 0 Å². The molecule has 0 unspecified atom stereocenters. The van der Waals surface area contributed by atoms with Crippen LogP contribution < -0.4 is 10.6 Å². The van der Waals surface area contributed by atoms with Gasteiger partial charge in [-0.2, -0.15) is 0 Å². The van der Waals surface area contributed by atoms with Crippen LogP contribution in [0.4, 0.5) is 5.69 Å². The Morgan fingerprint density at radius 3 is 2.65 bits per heavy atom. The van der Waals surface area contributed by atoms with Gasteiger partial charge >= 0.3 is 0 Å². The molecule has 5 heteroatoms. The Kier molecular flexibility index (Phi) is 4.28. The molecule has 1 aromatic rings. The molecular weight excluding hydrogens is 320 g/mol. The van der Waals surface area contributed by atoms with Crippen molar-refractivity contribution in [3.8, 4) is 0 Å². The highest BCUT2D eigenvalue weighted by Crippen LogP contribution is 2.46. The number of anilines is 1. The Hall–Kier alpha value is -1.62. The van der Waals surface area contributed by atoms with Crippen LogP contribution in [0.25, 0.3) is 0 Å². The smallest absolute Gasteiger partial charge is 0.240 e. The molecule has 1 fully saturated rings. The van der Waals surface area contributed by atoms with Crippen LogP contribution in [0.3, 0.4) is 0 Å². The lowest BCUT2D eigenvalue weighted by molar-refractivity contribution is -0.134. The number of rotatable bonds is 5. The van der Waals surface area contributed by atoms with E-state index < -0.39 is 5.41 Å². The molecule has 0 saturated heterocycles. The minimum atomic E-state index is -0.902. The standard InChI is InChI=1S/C15H17BrN2O2/c1-3-8-17-13(19)15(6-7-15)14(20)18-11-5-4-10(2)12(16)9-11/h3-5,9H,1,6-8H2,2H3,(H,17,19)(H,18,20). The fraction of sp³-hybridized carbons (Fsp3) is 0.333. The molecule has 1 aliphatic rings. The van der Waals surface area contributed by atoms with Crippen LogP contribution >= 0.6 is 15.9 Å². The van der Waals surface area contributed by atoms with Crippen molar-refractivity contribution in [1.29, 1.82) is 0 Å². The van der Waals surface area contributed by atoms with Gasteiger partial charge < -0.3 is 10.6 Å². The lowest BCUT2D eigenvalue weighted by atomic mass is 10.0. The van der Waals surface area contributed by atoms with Crippen LogP contribution in [0.5, 0.6) is 0 Å². The number of hydrogen-bond acceptors (Lipinski definition) is 2. The fourth-order valence-corrected chi connectivity index (χ4v) is 2.32. The molecular formula is C15H17BrN2O2. The Labute approximate surface area is 126 Å². The van der Waals surface area contributed by atoms with E-state index in [9.17, 15) is 9.59 Å². The summed E-state index contributed by atoms with van der Waals surface area (Å²) in [6.45, 7) is 5.90. The van der Waals surface area contributed by atoms with Gasteiger partial charge in [0.05, 0.1) is 0 Å². The maximum Gasteiger partial charge on any atom is 0.240 e. The number of hydrogen-bond donors (Lipinski definition) is 2. The minimum Gasteiger partial charge on any atom is -0.352 e. The summed E-state index contributed by atoms with van der Waals surface area (Å²) in [4.78, 5) is 24.3. The van der Waals surface area contributed by atoms with Gasteiger partial charge in [0.1, 0.15) is 5.41 Å². The van der Waals surface area contributed by atoms with E-state index in [0.29, 0.717) is 25.1 Å². The molecule has 1 aliphatic carbocycles. The summed E-state index contributed by atoms with van der Waals surface area (Å²) in [7, 11) is 0. The van der Waals surface area contributed by atoms with Crippen LogP contribution in [0.1, 0.15) is 18.4 Å². The van der Waals surface area contributed by atoms with Crippen molar-refractivity contribution in [2.45, 2.75) is 19.8 Å². The normalized spacial score (nSPS) is 15.3. The highest BCUT2D eigenvalue weighted by molar-refractivity contribution is 9.10. The summed E-state index contributed by atoms with van der Waals surface area (Å²) >= 11 is 3.42. The van der Waals surface area contributed by atoms with Gasteiger partial charge in [-0.1, -0.05) is 28.1 Å². The lowest BCUT2D eigenvalue weighted by Crippen LogP contribution is -2.40. The molecule has 0 spiro atoms. The van der Waals surface area contributed by atoms with Crippen molar-refractivity contribution < 1.29 is 9.59 Å². The molecule has 1 saturated carbocycles. The summed E-state index contributed by atoms with van der Waals surface area (Å²) < 4.78 is 0.927. The first-order chi connectivity index (χ1) is 9.49. The van der Waals surface area contributed by atoms with E-state index in [-0.39, 0.29) is 11.8 Å². The monoisotopic (exact) mass is 336 g/mol. The van der Waals surface area contributed by atoms with Gasteiger partial charge in [0.15, 0.2) is 0 Å². The third kappa shape index (κ3) is 2.93. The molecule has 0 atom stereocenters. The molecule has 2 amide bonds. The average molecular weight is 337 g/mol. The lowest BCUT2D eigenvalue weighted by Gasteiger charge is -2.15. The van der Waals surface area contributed by atoms with Crippen LogP contribution in [-0.2, 0) is 9.59 Å². The summed E-state index contributed by atoms with van der Waals surface area (Å²) in [5, 5.41) is 5.51. The maximum absolute atomic E-state index is 12.3. The van der Waals surface area contributed by atoms with Crippen molar-refractivity contribution in [2.75, 3.05) is 11.9 Å². The summed E-state index contributed by atoms with van der Waals surface area (Å²) in [5.74, 6) is -0.462. The zero-order chi connectivity index (χ0) is 14.8. The fourth-order valence-electron chi connectivity index (χ4n) is 1.94. The van der Waals surface area contributed by atoms with E-state index >= 15 is 0 Å². The molecule has 2 N–H and O–H groups in total. The summed E-state index contributed by atoms with van der Waals surface area (Å²) in [6, 6.07) is 5.58. The predicted octanol–water partition coefficient (Wildman–Crippen LogP) is 2.78. The molecule has 106 valence electrons. The highest BCUT2D eigenvalue weighted by atomic mass is 79.9. The predicted molar refractivity (Wildman–Crippen MR) is 82.4 cm³/mol. The largest absolute Gasteiger partial charge is 0.352 e. The Bertz CT molecular complexity index is 565. The molecule has 1 aromatic carbocycles. The molecule has 20 heavy (non-hydrogen) atoms. The van der Waals surface area contributed by atoms with Crippen LogP contribution in [0.2, 0.25) is 0 Å². The third-order valence-corrected chi connectivity index (χ3v) is 4.31. The van der Waals surface area contributed by atoms with E-state index in [1.54, 1.807) is 6.08 Å². The molecule has 2 rings (SSSR count). The second-order valence-electron chi connectivity index (χ2n) is 5.00. The first kappa shape index (κ1) is 14.8. The highest BCUT2D eigenvalue weighted by Gasteiger charge is 2.56. The van der Waals surface area contributed by atoms with Crippen molar-refractivity contribution >= 4 is 33.4 Å². The average Bonchev–Trinajstić information content (AvgIpc) is 3.22. The molecule has 0 aliphatic heterocycles. The first-order valence-electron chi connectivity index (χ1n) is 6.46. The van der Waals surface area contributed by atoms with Crippen molar-refractivity contribution in [3.05, 3.63) is 40.9 Å². The Morgan fingerprint density at radius 1 is 1.40 bits per heavy atom. The number of aryl methyl sites for hydroxylation is 1. The zero-order valence-corrected chi connectivity index (χ0v) is 12.9. The van der Waals surface area contributed by atoms with Gasteiger partial charge in [0.2, 0.25) is 11.8 Å². The first-order valence-corrected chi connectivity index (χ1v) is 7.26. The number of amides is 2. The van der Waals surface area contributed by atoms with Crippen molar-refractivity contribution in [3.63, 3.8) is 0 Å². The molecule has 4 nitrogen and oxygen atoms in total. The quantitative estimate of drug-likeness (QED) is 0.641. The van der Waals surface area contributed by atoms with E-state index in [1.165, 1.54) is 0 Å². The van der Waals surface area contributed by atoms with Gasteiger partial charge in [-0.05, 0) is 37.5 Å². The van der Waals surface area contributed by atoms with Crippen LogP contribution in [-0.4, -0.2) is 18.4 Å². The maximum atomic E-state index is 12.3. The molecule has 0 heterocycles. The Balaban J connectivity index is 2.06. The number of nitrogens with one attached hydrogen (secondary N) is 2. The van der Waals surface area contributed by atoms with Gasteiger partial charge in [0, 0.05) is 16.7 Å². The van der Waals surface area contributed by atoms with Crippen LogP contribution in [0.15, 0.2) is 35.3 Å². The zero-order valence-electron chi connectivity index (χ0n) is 11.3. The molecule has 0 aromatic heterocycles. The third-order valence-electron chi connectivity index (χ3n) is 3.46. The van der Waals surface area contributed by atoms with Gasteiger partial charge in [-0.3, -0.25) is 9.59 Å². The van der Waals surface area contributed by atoms with E-state index in [0.717, 1.165) is 10.0 Å². The van der Waals surface area contributed by atoms with E-state index in [2.05, 4.69) is 33.1 Å². The van der Waals surface area contributed by atoms with Gasteiger partial charge in [0.25, 0.3) is 0 Å². The molecule has 0 radical (unpaired) electrons. The summed E-state index contributed by atoms with van der Waals surface area (Å²) in [6.07, 6.45) is 2.78. The SMILES string of the molecule is C=CCNC(=O)C1(C(=O)Nc2ccc(C)c(Br)c2)CC1. The van der Waals surface area contributed by atoms with Crippen LogP contribution in [0, 0.1) is 12.3 Å². The van der Waals surface area contributed by atoms with E-state index in [4.69, 9.17) is 0 Å².